The van der Waals surface area contributed by atoms with Crippen LogP contribution in [0.1, 0.15) is 34.7 Å². The van der Waals surface area contributed by atoms with E-state index < -0.39 is 26.0 Å². The van der Waals surface area contributed by atoms with E-state index in [0.29, 0.717) is 30.0 Å². The number of rotatable bonds is 6. The van der Waals surface area contributed by atoms with Crippen molar-refractivity contribution in [1.82, 2.24) is 4.31 Å². The zero-order valence-corrected chi connectivity index (χ0v) is 18.0. The fraction of sp³-hybridized carbons (Fsp3) is 0.389. The second-order valence-corrected chi connectivity index (χ2v) is 10.7. The molecule has 0 aliphatic carbocycles. The molecular weight excluding hydrogens is 418 g/mol. The molecule has 11 heteroatoms. The van der Waals surface area contributed by atoms with Crippen LogP contribution in [-0.2, 0) is 20.0 Å². The summed E-state index contributed by atoms with van der Waals surface area (Å²) < 4.78 is 57.6. The van der Waals surface area contributed by atoms with Crippen LogP contribution in [0.15, 0.2) is 33.6 Å². The van der Waals surface area contributed by atoms with E-state index in [-0.39, 0.29) is 16.4 Å². The van der Waals surface area contributed by atoms with Gasteiger partial charge in [-0.25, -0.2) is 16.8 Å². The number of sulfonamides is 2. The Bertz CT molecular complexity index is 1150. The number of carbonyl (C=O) groups is 1. The van der Waals surface area contributed by atoms with Gasteiger partial charge < -0.3 is 9.73 Å². The summed E-state index contributed by atoms with van der Waals surface area (Å²) >= 11 is 0. The highest BCUT2D eigenvalue weighted by atomic mass is 32.2. The van der Waals surface area contributed by atoms with Crippen molar-refractivity contribution in [2.75, 3.05) is 29.4 Å². The quantitative estimate of drug-likeness (QED) is 0.708. The summed E-state index contributed by atoms with van der Waals surface area (Å²) in [6.45, 7) is 4.13. The zero-order valence-electron chi connectivity index (χ0n) is 16.4. The summed E-state index contributed by atoms with van der Waals surface area (Å²) in [6, 6.07) is 5.96. The first-order chi connectivity index (χ1) is 13.5. The molecule has 1 aliphatic heterocycles. The van der Waals surface area contributed by atoms with Crippen molar-refractivity contribution in [3.05, 3.63) is 41.3 Å². The maximum Gasteiger partial charge on any atom is 0.291 e. The first-order valence-electron chi connectivity index (χ1n) is 8.98. The molecule has 2 N–H and O–H groups in total. The van der Waals surface area contributed by atoms with Gasteiger partial charge in [0.2, 0.25) is 20.0 Å². The first kappa shape index (κ1) is 21.3. The average molecular weight is 442 g/mol. The highest BCUT2D eigenvalue weighted by Crippen LogP contribution is 2.27. The number of hydrogen-bond acceptors (Lipinski definition) is 6. The van der Waals surface area contributed by atoms with Crippen molar-refractivity contribution in [2.24, 2.45) is 0 Å². The highest BCUT2D eigenvalue weighted by Gasteiger charge is 2.31. The van der Waals surface area contributed by atoms with Gasteiger partial charge in [-0.05, 0) is 44.4 Å². The number of benzene rings is 1. The minimum atomic E-state index is -3.70. The SMILES string of the molecule is Cc1ccc(NC(=O)c2cc(S(=O)(=O)N3CCCC3)c(C)o2)cc1NS(C)(=O)=O. The summed E-state index contributed by atoms with van der Waals surface area (Å²) in [5, 5.41) is 2.60. The van der Waals surface area contributed by atoms with E-state index in [1.807, 2.05) is 0 Å². The summed E-state index contributed by atoms with van der Waals surface area (Å²) in [4.78, 5) is 12.5. The maximum absolute atomic E-state index is 12.7. The molecular formula is C18H23N3O6S2. The van der Waals surface area contributed by atoms with Gasteiger partial charge in [0.05, 0.1) is 11.9 Å². The Morgan fingerprint density at radius 2 is 1.72 bits per heavy atom. The predicted molar refractivity (Wildman–Crippen MR) is 109 cm³/mol. The van der Waals surface area contributed by atoms with Crippen molar-refractivity contribution in [3.8, 4) is 0 Å². The number of carbonyl (C=O) groups excluding carboxylic acids is 1. The lowest BCUT2D eigenvalue weighted by Crippen LogP contribution is -2.28. The minimum Gasteiger partial charge on any atom is -0.455 e. The van der Waals surface area contributed by atoms with Crippen molar-refractivity contribution < 1.29 is 26.0 Å². The Hall–Kier alpha value is -2.37. The van der Waals surface area contributed by atoms with Crippen LogP contribution in [0, 0.1) is 13.8 Å². The summed E-state index contributed by atoms with van der Waals surface area (Å²) in [6.07, 6.45) is 2.65. The van der Waals surface area contributed by atoms with Gasteiger partial charge >= 0.3 is 0 Å². The number of amides is 1. The Labute approximate surface area is 170 Å². The van der Waals surface area contributed by atoms with Crippen molar-refractivity contribution in [1.29, 1.82) is 0 Å². The normalized spacial score (nSPS) is 15.4. The Balaban J connectivity index is 1.83. The molecule has 1 aromatic carbocycles. The van der Waals surface area contributed by atoms with Gasteiger partial charge in [0.1, 0.15) is 10.7 Å². The van der Waals surface area contributed by atoms with Crippen molar-refractivity contribution in [2.45, 2.75) is 31.6 Å². The summed E-state index contributed by atoms with van der Waals surface area (Å²) in [5.74, 6) is -0.631. The van der Waals surface area contributed by atoms with Crippen LogP contribution < -0.4 is 10.0 Å². The maximum atomic E-state index is 12.7. The van der Waals surface area contributed by atoms with Gasteiger partial charge in [0, 0.05) is 24.8 Å². The van der Waals surface area contributed by atoms with E-state index in [1.54, 1.807) is 19.1 Å². The molecule has 0 radical (unpaired) electrons. The van der Waals surface area contributed by atoms with Gasteiger partial charge in [-0.15, -0.1) is 0 Å². The third kappa shape index (κ3) is 4.80. The summed E-state index contributed by atoms with van der Waals surface area (Å²) in [5.41, 5.74) is 1.35. The molecule has 2 aromatic rings. The number of hydrogen-bond donors (Lipinski definition) is 2. The fourth-order valence-electron chi connectivity index (χ4n) is 3.10. The van der Waals surface area contributed by atoms with Crippen LogP contribution in [0.4, 0.5) is 11.4 Å². The Morgan fingerprint density at radius 3 is 2.34 bits per heavy atom. The average Bonchev–Trinajstić information content (AvgIpc) is 3.26. The molecule has 0 atom stereocenters. The molecule has 3 rings (SSSR count). The lowest BCUT2D eigenvalue weighted by molar-refractivity contribution is 0.0995. The highest BCUT2D eigenvalue weighted by molar-refractivity contribution is 7.92. The molecule has 0 saturated carbocycles. The van der Waals surface area contributed by atoms with Gasteiger partial charge in [-0.3, -0.25) is 9.52 Å². The van der Waals surface area contributed by atoms with Crippen LogP contribution in [0.25, 0.3) is 0 Å². The third-order valence-corrected chi connectivity index (χ3v) is 7.17. The van der Waals surface area contributed by atoms with Crippen LogP contribution >= 0.6 is 0 Å². The van der Waals surface area contributed by atoms with Crippen LogP contribution in [-0.4, -0.2) is 46.4 Å². The van der Waals surface area contributed by atoms with Crippen LogP contribution in [0.5, 0.6) is 0 Å². The van der Waals surface area contributed by atoms with E-state index in [1.165, 1.54) is 23.4 Å². The Kier molecular flexibility index (Phi) is 5.74. The molecule has 29 heavy (non-hydrogen) atoms. The smallest absolute Gasteiger partial charge is 0.291 e. The van der Waals surface area contributed by atoms with Crippen molar-refractivity contribution in [3.63, 3.8) is 0 Å². The molecule has 1 aliphatic rings. The number of aryl methyl sites for hydroxylation is 2. The van der Waals surface area contributed by atoms with Crippen molar-refractivity contribution >= 4 is 37.3 Å². The monoisotopic (exact) mass is 441 g/mol. The van der Waals surface area contributed by atoms with Crippen LogP contribution in [0.2, 0.25) is 0 Å². The number of furan rings is 1. The van der Waals surface area contributed by atoms with Gasteiger partial charge in [0.15, 0.2) is 5.76 Å². The molecule has 9 nitrogen and oxygen atoms in total. The van der Waals surface area contributed by atoms with Gasteiger partial charge in [0.25, 0.3) is 5.91 Å². The molecule has 1 aromatic heterocycles. The number of anilines is 2. The largest absolute Gasteiger partial charge is 0.455 e. The summed E-state index contributed by atoms with van der Waals surface area (Å²) in [7, 11) is -7.18. The molecule has 1 fully saturated rings. The minimum absolute atomic E-state index is 0.0205. The van der Waals surface area contributed by atoms with E-state index >= 15 is 0 Å². The lowest BCUT2D eigenvalue weighted by Gasteiger charge is -2.14. The topological polar surface area (TPSA) is 126 Å². The second-order valence-electron chi connectivity index (χ2n) is 7.00. The molecule has 0 unspecified atom stereocenters. The standard InChI is InChI=1S/C18H23N3O6S2/c1-12-6-7-14(10-15(12)20-28(3,23)24)19-18(22)16-11-17(13(2)27-16)29(25,26)21-8-4-5-9-21/h6-7,10-11,20H,4-5,8-9H2,1-3H3,(H,19,22). The molecule has 2 heterocycles. The van der Waals surface area contributed by atoms with Gasteiger partial charge in [-0.2, -0.15) is 4.31 Å². The lowest BCUT2D eigenvalue weighted by atomic mass is 10.2. The predicted octanol–water partition coefficient (Wildman–Crippen LogP) is 2.30. The van der Waals surface area contributed by atoms with Crippen LogP contribution in [0.3, 0.4) is 0 Å². The Morgan fingerprint density at radius 1 is 1.07 bits per heavy atom. The third-order valence-electron chi connectivity index (χ3n) is 4.57. The van der Waals surface area contributed by atoms with Gasteiger partial charge in [-0.1, -0.05) is 6.07 Å². The molecule has 1 saturated heterocycles. The molecule has 0 spiro atoms. The number of nitrogens with zero attached hydrogens (tertiary/aromatic N) is 1. The number of nitrogens with one attached hydrogen (secondary N) is 2. The molecule has 1 amide bonds. The fourth-order valence-corrected chi connectivity index (χ4v) is 5.40. The van der Waals surface area contributed by atoms with E-state index in [0.717, 1.165) is 19.1 Å². The first-order valence-corrected chi connectivity index (χ1v) is 12.3. The second kappa shape index (κ2) is 7.81. The van der Waals surface area contributed by atoms with E-state index in [4.69, 9.17) is 4.42 Å². The zero-order chi connectivity index (χ0) is 21.4. The van der Waals surface area contributed by atoms with E-state index in [9.17, 15) is 21.6 Å². The molecule has 0 bridgehead atoms. The van der Waals surface area contributed by atoms with E-state index in [2.05, 4.69) is 10.0 Å². The molecule has 158 valence electrons.